The molecule has 0 fully saturated rings. The van der Waals surface area contributed by atoms with E-state index in [2.05, 4.69) is 5.16 Å². The average molecular weight is 267 g/mol. The van der Waals surface area contributed by atoms with Gasteiger partial charge in [0.15, 0.2) is 11.5 Å². The Hall–Kier alpha value is -1.88. The molecule has 2 heterocycles. The van der Waals surface area contributed by atoms with Crippen LogP contribution in [0.1, 0.15) is 6.42 Å². The van der Waals surface area contributed by atoms with E-state index in [0.717, 1.165) is 12.0 Å². The van der Waals surface area contributed by atoms with E-state index in [1.165, 1.54) is 6.20 Å². The second-order valence-electron chi connectivity index (χ2n) is 3.91. The van der Waals surface area contributed by atoms with Gasteiger partial charge in [0.2, 0.25) is 5.88 Å². The van der Waals surface area contributed by atoms with Gasteiger partial charge in [-0.05, 0) is 12.1 Å². The Kier molecular flexibility index (Phi) is 2.76. The first kappa shape index (κ1) is 11.2. The number of nitrogens with zero attached hydrogens (tertiary/aromatic N) is 1. The fourth-order valence-electron chi connectivity index (χ4n) is 1.86. The van der Waals surface area contributed by atoms with Crippen LogP contribution in [0, 0.1) is 0 Å². The summed E-state index contributed by atoms with van der Waals surface area (Å²) in [6.45, 7) is 1.20. The molecule has 2 N–H and O–H groups in total. The smallest absolute Gasteiger partial charge is 0.230 e. The first-order chi connectivity index (χ1) is 8.77. The zero-order chi connectivity index (χ0) is 12.5. The van der Waals surface area contributed by atoms with Crippen molar-refractivity contribution in [3.05, 3.63) is 23.4 Å². The molecular weight excluding hydrogens is 256 g/mol. The van der Waals surface area contributed by atoms with E-state index >= 15 is 0 Å². The van der Waals surface area contributed by atoms with Crippen LogP contribution in [-0.2, 0) is 0 Å². The van der Waals surface area contributed by atoms with Crippen molar-refractivity contribution >= 4 is 17.5 Å². The minimum Gasteiger partial charge on any atom is -0.490 e. The number of fused-ring (bicyclic) bond motifs is 1. The molecule has 0 spiro atoms. The van der Waals surface area contributed by atoms with E-state index in [0.29, 0.717) is 35.3 Å². The van der Waals surface area contributed by atoms with E-state index in [1.54, 1.807) is 0 Å². The SMILES string of the molecule is Nc1oncc1-c1ccc2c(c1Cl)OCCCO2. The number of nitrogen functional groups attached to an aromatic ring is 1. The zero-order valence-corrected chi connectivity index (χ0v) is 10.2. The van der Waals surface area contributed by atoms with Crippen LogP contribution in [0.3, 0.4) is 0 Å². The highest BCUT2D eigenvalue weighted by Gasteiger charge is 2.20. The first-order valence-corrected chi connectivity index (χ1v) is 5.94. The van der Waals surface area contributed by atoms with Crippen LogP contribution in [0.25, 0.3) is 11.1 Å². The highest BCUT2D eigenvalue weighted by atomic mass is 35.5. The van der Waals surface area contributed by atoms with E-state index in [4.69, 9.17) is 31.3 Å². The van der Waals surface area contributed by atoms with Gasteiger partial charge in [-0.2, -0.15) is 0 Å². The summed E-state index contributed by atoms with van der Waals surface area (Å²) in [7, 11) is 0. The maximum absolute atomic E-state index is 6.33. The second kappa shape index (κ2) is 4.42. The van der Waals surface area contributed by atoms with Crippen LogP contribution in [0.5, 0.6) is 11.5 Å². The maximum atomic E-state index is 6.33. The third-order valence-electron chi connectivity index (χ3n) is 2.74. The molecule has 1 aromatic heterocycles. The largest absolute Gasteiger partial charge is 0.490 e. The van der Waals surface area contributed by atoms with Crippen LogP contribution in [0.2, 0.25) is 5.02 Å². The molecular formula is C12H11ClN2O3. The van der Waals surface area contributed by atoms with Crippen molar-refractivity contribution in [2.75, 3.05) is 18.9 Å². The average Bonchev–Trinajstić information content (AvgIpc) is 2.65. The lowest BCUT2D eigenvalue weighted by molar-refractivity contribution is 0.297. The normalized spacial score (nSPS) is 14.3. The third kappa shape index (κ3) is 1.76. The molecule has 5 nitrogen and oxygen atoms in total. The number of anilines is 1. The van der Waals surface area contributed by atoms with Crippen LogP contribution < -0.4 is 15.2 Å². The Morgan fingerprint density at radius 3 is 2.78 bits per heavy atom. The Bertz CT molecular complexity index is 583. The van der Waals surface area contributed by atoms with Crippen molar-refractivity contribution in [1.29, 1.82) is 0 Å². The summed E-state index contributed by atoms with van der Waals surface area (Å²) in [4.78, 5) is 0. The molecule has 18 heavy (non-hydrogen) atoms. The highest BCUT2D eigenvalue weighted by Crippen LogP contribution is 2.44. The predicted molar refractivity (Wildman–Crippen MR) is 67.0 cm³/mol. The number of benzene rings is 1. The lowest BCUT2D eigenvalue weighted by Gasteiger charge is -2.11. The summed E-state index contributed by atoms with van der Waals surface area (Å²) in [6, 6.07) is 3.63. The molecule has 2 aromatic rings. The Morgan fingerprint density at radius 1 is 1.17 bits per heavy atom. The minimum atomic E-state index is 0.228. The quantitative estimate of drug-likeness (QED) is 0.859. The Morgan fingerprint density at radius 2 is 2.00 bits per heavy atom. The number of nitrogens with two attached hydrogens (primary N) is 1. The first-order valence-electron chi connectivity index (χ1n) is 5.56. The van der Waals surface area contributed by atoms with Gasteiger partial charge in [0, 0.05) is 12.0 Å². The molecule has 0 aliphatic carbocycles. The van der Waals surface area contributed by atoms with Crippen molar-refractivity contribution in [3.8, 4) is 22.6 Å². The molecule has 0 radical (unpaired) electrons. The van der Waals surface area contributed by atoms with Crippen LogP contribution in [0.4, 0.5) is 5.88 Å². The summed E-state index contributed by atoms with van der Waals surface area (Å²) in [5, 5.41) is 4.10. The van der Waals surface area contributed by atoms with Gasteiger partial charge in [0.05, 0.1) is 30.0 Å². The van der Waals surface area contributed by atoms with E-state index in [1.807, 2.05) is 12.1 Å². The molecule has 1 aromatic carbocycles. The van der Waals surface area contributed by atoms with Crippen molar-refractivity contribution in [1.82, 2.24) is 5.16 Å². The monoisotopic (exact) mass is 266 g/mol. The lowest BCUT2D eigenvalue weighted by atomic mass is 10.1. The molecule has 0 bridgehead atoms. The van der Waals surface area contributed by atoms with E-state index < -0.39 is 0 Å². The van der Waals surface area contributed by atoms with Crippen LogP contribution in [-0.4, -0.2) is 18.4 Å². The molecule has 0 unspecified atom stereocenters. The molecule has 1 aliphatic rings. The maximum Gasteiger partial charge on any atom is 0.230 e. The number of hydrogen-bond acceptors (Lipinski definition) is 5. The third-order valence-corrected chi connectivity index (χ3v) is 3.12. The molecule has 0 amide bonds. The van der Waals surface area contributed by atoms with Crippen molar-refractivity contribution in [2.45, 2.75) is 6.42 Å². The summed E-state index contributed by atoms with van der Waals surface area (Å²) >= 11 is 6.33. The topological polar surface area (TPSA) is 70.5 Å². The molecule has 6 heteroatoms. The molecule has 0 atom stereocenters. The van der Waals surface area contributed by atoms with Gasteiger partial charge < -0.3 is 19.7 Å². The van der Waals surface area contributed by atoms with Crippen molar-refractivity contribution < 1.29 is 14.0 Å². The van der Waals surface area contributed by atoms with Gasteiger partial charge >= 0.3 is 0 Å². The van der Waals surface area contributed by atoms with Gasteiger partial charge in [-0.25, -0.2) is 0 Å². The zero-order valence-electron chi connectivity index (χ0n) is 9.48. The van der Waals surface area contributed by atoms with E-state index in [9.17, 15) is 0 Å². The van der Waals surface area contributed by atoms with Gasteiger partial charge in [0.25, 0.3) is 0 Å². The summed E-state index contributed by atoms with van der Waals surface area (Å²) in [5.74, 6) is 1.43. The summed E-state index contributed by atoms with van der Waals surface area (Å²) in [5.41, 5.74) is 7.06. The number of aromatic nitrogens is 1. The van der Waals surface area contributed by atoms with Gasteiger partial charge in [0.1, 0.15) is 0 Å². The van der Waals surface area contributed by atoms with Crippen LogP contribution >= 0.6 is 11.6 Å². The summed E-state index contributed by atoms with van der Waals surface area (Å²) < 4.78 is 16.0. The fourth-order valence-corrected chi connectivity index (χ4v) is 2.17. The second-order valence-corrected chi connectivity index (χ2v) is 4.29. The molecule has 0 saturated heterocycles. The predicted octanol–water partition coefficient (Wildman–Crippen LogP) is 2.74. The number of rotatable bonds is 1. The van der Waals surface area contributed by atoms with Gasteiger partial charge in [-0.15, -0.1) is 0 Å². The van der Waals surface area contributed by atoms with Gasteiger partial charge in [-0.1, -0.05) is 16.8 Å². The Labute approximate surface area is 108 Å². The van der Waals surface area contributed by atoms with Crippen molar-refractivity contribution in [2.24, 2.45) is 0 Å². The number of halogens is 1. The van der Waals surface area contributed by atoms with E-state index in [-0.39, 0.29) is 5.88 Å². The van der Waals surface area contributed by atoms with Gasteiger partial charge in [-0.3, -0.25) is 0 Å². The molecule has 3 rings (SSSR count). The fraction of sp³-hybridized carbons (Fsp3) is 0.250. The number of ether oxygens (including phenoxy) is 2. The standard InChI is InChI=1S/C12H11ClN2O3/c13-10-7(8-6-15-18-12(8)14)2-3-9-11(10)17-5-1-4-16-9/h2-3,6H,1,4-5,14H2. The number of hydrogen-bond donors (Lipinski definition) is 1. The van der Waals surface area contributed by atoms with Crippen molar-refractivity contribution in [3.63, 3.8) is 0 Å². The molecule has 94 valence electrons. The van der Waals surface area contributed by atoms with Crippen LogP contribution in [0.15, 0.2) is 22.9 Å². The summed E-state index contributed by atoms with van der Waals surface area (Å²) in [6.07, 6.45) is 2.36. The minimum absolute atomic E-state index is 0.228. The lowest BCUT2D eigenvalue weighted by Crippen LogP contribution is -1.97. The highest BCUT2D eigenvalue weighted by molar-refractivity contribution is 6.35. The molecule has 1 aliphatic heterocycles. The molecule has 0 saturated carbocycles. The Balaban J connectivity index is 2.13.